The first kappa shape index (κ1) is 25.0. The lowest BCUT2D eigenvalue weighted by Gasteiger charge is -2.16. The number of benzene rings is 3. The Hall–Kier alpha value is -4.14. The first-order valence-corrected chi connectivity index (χ1v) is 11.2. The third-order valence-electron chi connectivity index (χ3n) is 6.08. The minimum atomic E-state index is -4.48. The third kappa shape index (κ3) is 5.25. The molecular formula is C27H24F3N3O3. The van der Waals surface area contributed by atoms with Crippen molar-refractivity contribution in [2.75, 3.05) is 12.4 Å². The number of carbonyl (C=O) groups excluding carboxylic acids is 2. The lowest BCUT2D eigenvalue weighted by atomic mass is 9.94. The number of carbonyl (C=O) groups is 2. The maximum absolute atomic E-state index is 13.0. The molecule has 3 aromatic carbocycles. The van der Waals surface area contributed by atoms with E-state index in [0.717, 1.165) is 51.9 Å². The molecule has 0 aliphatic carbocycles. The number of halogens is 3. The number of fused-ring (bicyclic) bond motifs is 1. The van der Waals surface area contributed by atoms with E-state index in [0.29, 0.717) is 17.7 Å². The van der Waals surface area contributed by atoms with Crippen LogP contribution in [-0.2, 0) is 29.2 Å². The average molecular weight is 496 g/mol. The lowest BCUT2D eigenvalue weighted by molar-refractivity contribution is -0.140. The Morgan fingerprint density at radius 1 is 1.06 bits per heavy atom. The summed E-state index contributed by atoms with van der Waals surface area (Å²) in [5.41, 5.74) is 4.01. The van der Waals surface area contributed by atoms with E-state index in [1.54, 1.807) is 16.9 Å². The van der Waals surface area contributed by atoms with Gasteiger partial charge < -0.3 is 10.1 Å². The van der Waals surface area contributed by atoms with Crippen molar-refractivity contribution < 1.29 is 27.5 Å². The molecule has 36 heavy (non-hydrogen) atoms. The Morgan fingerprint density at radius 3 is 2.44 bits per heavy atom. The molecule has 0 aliphatic rings. The number of hydrogen-bond donors (Lipinski definition) is 1. The van der Waals surface area contributed by atoms with Gasteiger partial charge in [-0.3, -0.25) is 14.3 Å². The predicted octanol–water partition coefficient (Wildman–Crippen LogP) is 5.93. The van der Waals surface area contributed by atoms with Crippen LogP contribution in [0.3, 0.4) is 0 Å². The van der Waals surface area contributed by atoms with Gasteiger partial charge >= 0.3 is 12.1 Å². The van der Waals surface area contributed by atoms with E-state index in [4.69, 9.17) is 4.74 Å². The Bertz CT molecular complexity index is 1440. The smallest absolute Gasteiger partial charge is 0.416 e. The highest BCUT2D eigenvalue weighted by atomic mass is 19.4. The number of methoxy groups -OCH3 is 1. The van der Waals surface area contributed by atoms with Gasteiger partial charge in [-0.2, -0.15) is 18.3 Å². The Kier molecular flexibility index (Phi) is 6.83. The van der Waals surface area contributed by atoms with Crippen molar-refractivity contribution in [3.05, 3.63) is 83.0 Å². The molecule has 0 radical (unpaired) electrons. The number of rotatable bonds is 6. The third-order valence-corrected chi connectivity index (χ3v) is 6.08. The minimum Gasteiger partial charge on any atom is -0.469 e. The quantitative estimate of drug-likeness (QED) is 0.337. The van der Waals surface area contributed by atoms with Crippen LogP contribution in [0.4, 0.5) is 18.9 Å². The van der Waals surface area contributed by atoms with Gasteiger partial charge in [0, 0.05) is 35.7 Å². The molecule has 0 unspecified atom stereocenters. The van der Waals surface area contributed by atoms with Crippen molar-refractivity contribution in [1.82, 2.24) is 9.78 Å². The molecule has 4 aromatic rings. The Morgan fingerprint density at radius 2 is 1.78 bits per heavy atom. The normalized spacial score (nSPS) is 11.5. The number of esters is 1. The number of nitrogens with zero attached hydrogens (tertiary/aromatic N) is 2. The second-order valence-electron chi connectivity index (χ2n) is 8.47. The zero-order chi connectivity index (χ0) is 26.0. The monoisotopic (exact) mass is 495 g/mol. The first-order valence-electron chi connectivity index (χ1n) is 11.2. The fraction of sp³-hybridized carbons (Fsp3) is 0.222. The van der Waals surface area contributed by atoms with Crippen LogP contribution in [0.25, 0.3) is 22.0 Å². The molecule has 0 spiro atoms. The standard InChI is InChI=1S/C27H24F3N3O3/c1-16-12-23(32-26(35)17-4-8-21(9-5-17)27(28,29)30)22(14-18(16)7-11-25(34)36-3)19-6-10-24-20(13-19)15-31-33(24)2/h4-6,8-10,12-15H,7,11H2,1-3H3,(H,32,35). The summed E-state index contributed by atoms with van der Waals surface area (Å²) in [6, 6.07) is 13.6. The van der Waals surface area contributed by atoms with Crippen LogP contribution in [0.2, 0.25) is 0 Å². The van der Waals surface area contributed by atoms with Crippen molar-refractivity contribution in [2.24, 2.45) is 7.05 Å². The Labute approximate surface area is 205 Å². The molecule has 0 fully saturated rings. The second-order valence-corrected chi connectivity index (χ2v) is 8.47. The van der Waals surface area contributed by atoms with Crippen LogP contribution in [0.1, 0.15) is 33.5 Å². The maximum atomic E-state index is 13.0. The molecular weight excluding hydrogens is 471 g/mol. The van der Waals surface area contributed by atoms with Gasteiger partial charge in [0.1, 0.15) is 0 Å². The first-order chi connectivity index (χ1) is 17.1. The summed E-state index contributed by atoms with van der Waals surface area (Å²) in [4.78, 5) is 24.7. The van der Waals surface area contributed by atoms with Crippen molar-refractivity contribution in [3.63, 3.8) is 0 Å². The molecule has 0 saturated carbocycles. The molecule has 0 aliphatic heterocycles. The van der Waals surface area contributed by atoms with Crippen molar-refractivity contribution in [1.29, 1.82) is 0 Å². The van der Waals surface area contributed by atoms with Crippen LogP contribution in [0, 0.1) is 6.92 Å². The molecule has 1 heterocycles. The van der Waals surface area contributed by atoms with Gasteiger partial charge in [0.25, 0.3) is 5.91 Å². The van der Waals surface area contributed by atoms with E-state index in [1.807, 2.05) is 38.2 Å². The topological polar surface area (TPSA) is 73.2 Å². The van der Waals surface area contributed by atoms with Crippen LogP contribution in [0.15, 0.2) is 60.8 Å². The summed E-state index contributed by atoms with van der Waals surface area (Å²) < 4.78 is 45.2. The fourth-order valence-corrected chi connectivity index (χ4v) is 4.04. The number of ether oxygens (including phenoxy) is 1. The molecule has 4 rings (SSSR count). The summed E-state index contributed by atoms with van der Waals surface area (Å²) in [6.45, 7) is 1.87. The fourth-order valence-electron chi connectivity index (χ4n) is 4.04. The van der Waals surface area contributed by atoms with Gasteiger partial charge in [0.05, 0.1) is 24.4 Å². The zero-order valence-electron chi connectivity index (χ0n) is 19.9. The SMILES string of the molecule is COC(=O)CCc1cc(-c2ccc3c(cnn3C)c2)c(NC(=O)c2ccc(C(F)(F)F)cc2)cc1C. The van der Waals surface area contributed by atoms with Crippen molar-refractivity contribution >= 4 is 28.5 Å². The van der Waals surface area contributed by atoms with Crippen molar-refractivity contribution in [2.45, 2.75) is 25.9 Å². The summed E-state index contributed by atoms with van der Waals surface area (Å²) in [5, 5.41) is 8.03. The number of nitrogens with one attached hydrogen (secondary N) is 1. The van der Waals surface area contributed by atoms with E-state index in [1.165, 1.54) is 7.11 Å². The number of alkyl halides is 3. The van der Waals surface area contributed by atoms with Crippen LogP contribution in [-0.4, -0.2) is 28.8 Å². The van der Waals surface area contributed by atoms with Gasteiger partial charge in [-0.25, -0.2) is 0 Å². The highest BCUT2D eigenvalue weighted by Gasteiger charge is 2.30. The van der Waals surface area contributed by atoms with Crippen LogP contribution < -0.4 is 5.32 Å². The minimum absolute atomic E-state index is 0.101. The van der Waals surface area contributed by atoms with E-state index in [-0.39, 0.29) is 18.0 Å². The largest absolute Gasteiger partial charge is 0.469 e. The summed E-state index contributed by atoms with van der Waals surface area (Å²) in [6.07, 6.45) is -2.08. The molecule has 0 atom stereocenters. The summed E-state index contributed by atoms with van der Waals surface area (Å²) >= 11 is 0. The summed E-state index contributed by atoms with van der Waals surface area (Å²) in [7, 11) is 3.18. The van der Waals surface area contributed by atoms with E-state index in [2.05, 4.69) is 10.4 Å². The van der Waals surface area contributed by atoms with Gasteiger partial charge in [-0.05, 0) is 78.6 Å². The maximum Gasteiger partial charge on any atom is 0.416 e. The van der Waals surface area contributed by atoms with Gasteiger partial charge in [0.2, 0.25) is 0 Å². The molecule has 1 aromatic heterocycles. The molecule has 0 saturated heterocycles. The van der Waals surface area contributed by atoms with Crippen LogP contribution >= 0.6 is 0 Å². The number of hydrogen-bond acceptors (Lipinski definition) is 4. The molecule has 9 heteroatoms. The number of aryl methyl sites for hydroxylation is 3. The molecule has 0 bridgehead atoms. The van der Waals surface area contributed by atoms with Crippen LogP contribution in [0.5, 0.6) is 0 Å². The van der Waals surface area contributed by atoms with Gasteiger partial charge in [0.15, 0.2) is 0 Å². The number of anilines is 1. The highest BCUT2D eigenvalue weighted by Crippen LogP contribution is 2.34. The molecule has 1 amide bonds. The lowest BCUT2D eigenvalue weighted by Crippen LogP contribution is -2.14. The van der Waals surface area contributed by atoms with Gasteiger partial charge in [-0.1, -0.05) is 6.07 Å². The Balaban J connectivity index is 1.72. The van der Waals surface area contributed by atoms with Gasteiger partial charge in [-0.15, -0.1) is 0 Å². The zero-order valence-corrected chi connectivity index (χ0v) is 19.9. The second kappa shape index (κ2) is 9.85. The number of aromatic nitrogens is 2. The van der Waals surface area contributed by atoms with E-state index < -0.39 is 17.6 Å². The molecule has 1 N–H and O–H groups in total. The summed E-state index contributed by atoms with van der Waals surface area (Å²) in [5.74, 6) is -0.860. The van der Waals surface area contributed by atoms with Crippen molar-refractivity contribution in [3.8, 4) is 11.1 Å². The highest BCUT2D eigenvalue weighted by molar-refractivity contribution is 6.06. The molecule has 6 nitrogen and oxygen atoms in total. The van der Waals surface area contributed by atoms with E-state index in [9.17, 15) is 22.8 Å². The van der Waals surface area contributed by atoms with E-state index >= 15 is 0 Å². The average Bonchev–Trinajstić information content (AvgIpc) is 3.22. The predicted molar refractivity (Wildman–Crippen MR) is 131 cm³/mol. The molecule has 186 valence electrons. The number of amides is 1.